The lowest BCUT2D eigenvalue weighted by molar-refractivity contribution is 0.411. The van der Waals surface area contributed by atoms with E-state index in [1.165, 1.54) is 24.1 Å². The standard InChI is InChI=1S/C14H20BrNO/c1-9(2)6-12-5-4-10-7-11(15)8-13(17-3)14(10)16-12/h7-9,12,16H,4-6H2,1-3H3. The number of nitrogens with one attached hydrogen (secondary N) is 1. The second-order valence-electron chi connectivity index (χ2n) is 5.15. The van der Waals surface area contributed by atoms with Crippen molar-refractivity contribution in [2.75, 3.05) is 12.4 Å². The number of aryl methyl sites for hydroxylation is 1. The van der Waals surface area contributed by atoms with Crippen LogP contribution in [0, 0.1) is 5.92 Å². The van der Waals surface area contributed by atoms with Gasteiger partial charge in [0.1, 0.15) is 5.75 Å². The number of hydrogen-bond acceptors (Lipinski definition) is 2. The van der Waals surface area contributed by atoms with Gasteiger partial charge in [-0.05, 0) is 42.9 Å². The van der Waals surface area contributed by atoms with Crippen LogP contribution in [-0.2, 0) is 6.42 Å². The van der Waals surface area contributed by atoms with Crippen LogP contribution in [0.2, 0.25) is 0 Å². The topological polar surface area (TPSA) is 21.3 Å². The summed E-state index contributed by atoms with van der Waals surface area (Å²) in [6, 6.07) is 4.80. The predicted molar refractivity (Wildman–Crippen MR) is 75.9 cm³/mol. The first-order valence-corrected chi connectivity index (χ1v) is 7.02. The molecule has 1 aromatic carbocycles. The van der Waals surface area contributed by atoms with Crippen molar-refractivity contribution in [3.05, 3.63) is 22.2 Å². The second-order valence-corrected chi connectivity index (χ2v) is 6.07. The Morgan fingerprint density at radius 3 is 2.88 bits per heavy atom. The Kier molecular flexibility index (Phi) is 3.97. The van der Waals surface area contributed by atoms with Gasteiger partial charge in [0, 0.05) is 10.5 Å². The Morgan fingerprint density at radius 2 is 2.24 bits per heavy atom. The zero-order valence-corrected chi connectivity index (χ0v) is 12.3. The van der Waals surface area contributed by atoms with Gasteiger partial charge in [0.15, 0.2) is 0 Å². The highest BCUT2D eigenvalue weighted by Gasteiger charge is 2.21. The maximum Gasteiger partial charge on any atom is 0.143 e. The number of anilines is 1. The van der Waals surface area contributed by atoms with Crippen LogP contribution in [0.25, 0.3) is 0 Å². The van der Waals surface area contributed by atoms with Crippen molar-refractivity contribution in [2.24, 2.45) is 5.92 Å². The summed E-state index contributed by atoms with van der Waals surface area (Å²) in [6.07, 6.45) is 3.57. The third-order valence-electron chi connectivity index (χ3n) is 3.24. The monoisotopic (exact) mass is 297 g/mol. The number of halogens is 1. The smallest absolute Gasteiger partial charge is 0.143 e. The van der Waals surface area contributed by atoms with Crippen molar-refractivity contribution in [1.82, 2.24) is 0 Å². The van der Waals surface area contributed by atoms with E-state index in [9.17, 15) is 0 Å². The maximum atomic E-state index is 5.45. The molecule has 2 nitrogen and oxygen atoms in total. The fraction of sp³-hybridized carbons (Fsp3) is 0.571. The Labute approximate surface area is 112 Å². The molecule has 0 aromatic heterocycles. The van der Waals surface area contributed by atoms with Gasteiger partial charge in [0.05, 0.1) is 12.8 Å². The number of fused-ring (bicyclic) bond motifs is 1. The van der Waals surface area contributed by atoms with Crippen LogP contribution in [-0.4, -0.2) is 13.2 Å². The first-order valence-electron chi connectivity index (χ1n) is 6.23. The highest BCUT2D eigenvalue weighted by atomic mass is 79.9. The van der Waals surface area contributed by atoms with Gasteiger partial charge in [-0.3, -0.25) is 0 Å². The van der Waals surface area contributed by atoms with Gasteiger partial charge in [0.2, 0.25) is 0 Å². The molecule has 2 rings (SSSR count). The van der Waals surface area contributed by atoms with Gasteiger partial charge in [-0.15, -0.1) is 0 Å². The molecule has 1 aliphatic heterocycles. The third kappa shape index (κ3) is 2.95. The molecule has 1 aliphatic rings. The van der Waals surface area contributed by atoms with Crippen LogP contribution < -0.4 is 10.1 Å². The Bertz CT molecular complexity index is 386. The van der Waals surface area contributed by atoms with Crippen LogP contribution in [0.4, 0.5) is 5.69 Å². The summed E-state index contributed by atoms with van der Waals surface area (Å²) in [5.41, 5.74) is 2.55. The molecule has 0 saturated heterocycles. The molecule has 0 amide bonds. The summed E-state index contributed by atoms with van der Waals surface area (Å²) >= 11 is 3.53. The van der Waals surface area contributed by atoms with Crippen LogP contribution in [0.1, 0.15) is 32.3 Å². The maximum absolute atomic E-state index is 5.45. The van der Waals surface area contributed by atoms with Crippen molar-refractivity contribution in [3.63, 3.8) is 0 Å². The average molecular weight is 298 g/mol. The summed E-state index contributed by atoms with van der Waals surface area (Å²) in [6.45, 7) is 4.55. The number of benzene rings is 1. The minimum atomic E-state index is 0.581. The first-order chi connectivity index (χ1) is 8.10. The van der Waals surface area contributed by atoms with Gasteiger partial charge >= 0.3 is 0 Å². The molecule has 1 unspecified atom stereocenters. The number of rotatable bonds is 3. The summed E-state index contributed by atoms with van der Waals surface area (Å²) in [5.74, 6) is 1.68. The molecule has 3 heteroatoms. The normalized spacial score (nSPS) is 18.8. The fourth-order valence-electron chi connectivity index (χ4n) is 2.51. The minimum absolute atomic E-state index is 0.581. The summed E-state index contributed by atoms with van der Waals surface area (Å²) in [5, 5.41) is 3.63. The van der Waals surface area contributed by atoms with Gasteiger partial charge in [-0.1, -0.05) is 29.8 Å². The molecule has 17 heavy (non-hydrogen) atoms. The molecule has 0 bridgehead atoms. The van der Waals surface area contributed by atoms with E-state index < -0.39 is 0 Å². The molecule has 0 radical (unpaired) electrons. The summed E-state index contributed by atoms with van der Waals surface area (Å²) < 4.78 is 6.55. The van der Waals surface area contributed by atoms with E-state index in [2.05, 4.69) is 41.2 Å². The molecule has 1 N–H and O–H groups in total. The number of hydrogen-bond donors (Lipinski definition) is 1. The number of methoxy groups -OCH3 is 1. The lowest BCUT2D eigenvalue weighted by Crippen LogP contribution is -2.27. The van der Waals surface area contributed by atoms with Crippen LogP contribution in [0.3, 0.4) is 0 Å². The Hall–Kier alpha value is -0.700. The van der Waals surface area contributed by atoms with E-state index in [-0.39, 0.29) is 0 Å². The fourth-order valence-corrected chi connectivity index (χ4v) is 2.99. The zero-order valence-electron chi connectivity index (χ0n) is 10.7. The van der Waals surface area contributed by atoms with Gasteiger partial charge in [-0.25, -0.2) is 0 Å². The summed E-state index contributed by atoms with van der Waals surface area (Å²) in [4.78, 5) is 0. The van der Waals surface area contributed by atoms with Gasteiger partial charge < -0.3 is 10.1 Å². The van der Waals surface area contributed by atoms with E-state index in [0.717, 1.165) is 22.6 Å². The Balaban J connectivity index is 2.24. The van der Waals surface area contributed by atoms with Gasteiger partial charge in [-0.2, -0.15) is 0 Å². The van der Waals surface area contributed by atoms with Crippen LogP contribution >= 0.6 is 15.9 Å². The first kappa shape index (κ1) is 12.7. The highest BCUT2D eigenvalue weighted by molar-refractivity contribution is 9.10. The molecule has 0 aliphatic carbocycles. The van der Waals surface area contributed by atoms with E-state index in [1.807, 2.05) is 6.07 Å². The van der Waals surface area contributed by atoms with Crippen LogP contribution in [0.15, 0.2) is 16.6 Å². The van der Waals surface area contributed by atoms with Crippen molar-refractivity contribution in [3.8, 4) is 5.75 Å². The van der Waals surface area contributed by atoms with E-state index in [1.54, 1.807) is 7.11 Å². The van der Waals surface area contributed by atoms with Crippen molar-refractivity contribution >= 4 is 21.6 Å². The SMILES string of the molecule is COc1cc(Br)cc2c1NC(CC(C)C)CC2. The average Bonchev–Trinajstić information content (AvgIpc) is 2.27. The van der Waals surface area contributed by atoms with E-state index in [0.29, 0.717) is 6.04 Å². The van der Waals surface area contributed by atoms with E-state index >= 15 is 0 Å². The Morgan fingerprint density at radius 1 is 1.47 bits per heavy atom. The lowest BCUT2D eigenvalue weighted by Gasteiger charge is -2.29. The van der Waals surface area contributed by atoms with Crippen molar-refractivity contribution < 1.29 is 4.74 Å². The predicted octanol–water partition coefficient (Wildman–Crippen LogP) is 4.23. The van der Waals surface area contributed by atoms with Gasteiger partial charge in [0.25, 0.3) is 0 Å². The lowest BCUT2D eigenvalue weighted by atomic mass is 9.92. The summed E-state index contributed by atoms with van der Waals surface area (Å²) in [7, 11) is 1.73. The molecular formula is C14H20BrNO. The van der Waals surface area contributed by atoms with E-state index in [4.69, 9.17) is 4.74 Å². The van der Waals surface area contributed by atoms with Crippen molar-refractivity contribution in [1.29, 1.82) is 0 Å². The highest BCUT2D eigenvalue weighted by Crippen LogP contribution is 2.37. The molecule has 94 valence electrons. The second kappa shape index (κ2) is 5.30. The molecule has 0 spiro atoms. The molecule has 1 atom stereocenters. The quantitative estimate of drug-likeness (QED) is 0.901. The minimum Gasteiger partial charge on any atom is -0.495 e. The van der Waals surface area contributed by atoms with Crippen LogP contribution in [0.5, 0.6) is 5.75 Å². The molecular weight excluding hydrogens is 278 g/mol. The third-order valence-corrected chi connectivity index (χ3v) is 3.69. The largest absolute Gasteiger partial charge is 0.495 e. The molecule has 0 fully saturated rings. The number of ether oxygens (including phenoxy) is 1. The molecule has 1 aromatic rings. The zero-order chi connectivity index (χ0) is 12.4. The molecule has 0 saturated carbocycles. The molecule has 1 heterocycles. The van der Waals surface area contributed by atoms with Crippen molar-refractivity contribution in [2.45, 2.75) is 39.2 Å².